The standard InChI is InChI=1S/C10H17IO/c11-6-10-5-9(7-12-10)8-3-1-2-4-8/h8-10H,1-7H2/t9-,10+/m1/s1. The van der Waals surface area contributed by atoms with Gasteiger partial charge in [0.1, 0.15) is 0 Å². The van der Waals surface area contributed by atoms with Crippen molar-refractivity contribution in [2.75, 3.05) is 11.0 Å². The van der Waals surface area contributed by atoms with E-state index >= 15 is 0 Å². The lowest BCUT2D eigenvalue weighted by molar-refractivity contribution is 0.120. The van der Waals surface area contributed by atoms with Crippen LogP contribution in [0.25, 0.3) is 0 Å². The molecular weight excluding hydrogens is 263 g/mol. The third-order valence-electron chi connectivity index (χ3n) is 3.35. The predicted octanol–water partition coefficient (Wildman–Crippen LogP) is 3.02. The van der Waals surface area contributed by atoms with Crippen LogP contribution in [0.15, 0.2) is 0 Å². The van der Waals surface area contributed by atoms with Gasteiger partial charge in [0.25, 0.3) is 0 Å². The van der Waals surface area contributed by atoms with Crippen molar-refractivity contribution in [1.29, 1.82) is 0 Å². The summed E-state index contributed by atoms with van der Waals surface area (Å²) in [6, 6.07) is 0. The molecule has 2 rings (SSSR count). The van der Waals surface area contributed by atoms with Gasteiger partial charge in [0, 0.05) is 4.43 Å². The first kappa shape index (κ1) is 9.25. The number of alkyl halides is 1. The summed E-state index contributed by atoms with van der Waals surface area (Å²) in [6.07, 6.45) is 7.81. The summed E-state index contributed by atoms with van der Waals surface area (Å²) < 4.78 is 6.90. The number of ether oxygens (including phenoxy) is 1. The van der Waals surface area contributed by atoms with Crippen molar-refractivity contribution in [3.63, 3.8) is 0 Å². The second-order valence-corrected chi connectivity index (χ2v) is 5.03. The van der Waals surface area contributed by atoms with Gasteiger partial charge in [-0.25, -0.2) is 0 Å². The monoisotopic (exact) mass is 280 g/mol. The Kier molecular flexibility index (Phi) is 3.29. The summed E-state index contributed by atoms with van der Waals surface area (Å²) in [5.41, 5.74) is 0. The smallest absolute Gasteiger partial charge is 0.0668 e. The maximum Gasteiger partial charge on any atom is 0.0668 e. The van der Waals surface area contributed by atoms with Crippen LogP contribution in [0.4, 0.5) is 0 Å². The van der Waals surface area contributed by atoms with E-state index in [0.717, 1.165) is 18.4 Å². The van der Waals surface area contributed by atoms with Crippen molar-refractivity contribution >= 4 is 22.6 Å². The van der Waals surface area contributed by atoms with E-state index in [1.54, 1.807) is 0 Å². The minimum absolute atomic E-state index is 0.580. The predicted molar refractivity (Wildman–Crippen MR) is 58.7 cm³/mol. The molecule has 2 aliphatic rings. The SMILES string of the molecule is IC[C@@H]1C[C@@H](C2CCCC2)CO1. The summed E-state index contributed by atoms with van der Waals surface area (Å²) in [6.45, 7) is 1.05. The van der Waals surface area contributed by atoms with Gasteiger partial charge in [0.05, 0.1) is 12.7 Å². The highest BCUT2D eigenvalue weighted by atomic mass is 127. The molecule has 2 fully saturated rings. The van der Waals surface area contributed by atoms with Gasteiger partial charge in [-0.3, -0.25) is 0 Å². The molecule has 0 aromatic carbocycles. The Morgan fingerprint density at radius 1 is 1.17 bits per heavy atom. The molecule has 0 spiro atoms. The van der Waals surface area contributed by atoms with Gasteiger partial charge in [-0.15, -0.1) is 0 Å². The molecule has 2 heteroatoms. The highest BCUT2D eigenvalue weighted by molar-refractivity contribution is 14.1. The van der Waals surface area contributed by atoms with Crippen LogP contribution in [-0.4, -0.2) is 17.1 Å². The van der Waals surface area contributed by atoms with Gasteiger partial charge in [-0.05, 0) is 18.3 Å². The number of halogens is 1. The van der Waals surface area contributed by atoms with Crippen molar-refractivity contribution in [1.82, 2.24) is 0 Å². The van der Waals surface area contributed by atoms with Crippen LogP contribution in [0.5, 0.6) is 0 Å². The Balaban J connectivity index is 1.81. The van der Waals surface area contributed by atoms with Crippen LogP contribution in [0.3, 0.4) is 0 Å². The Morgan fingerprint density at radius 2 is 1.92 bits per heavy atom. The highest BCUT2D eigenvalue weighted by Crippen LogP contribution is 2.37. The van der Waals surface area contributed by atoms with E-state index in [2.05, 4.69) is 22.6 Å². The van der Waals surface area contributed by atoms with Crippen molar-refractivity contribution in [3.05, 3.63) is 0 Å². The molecule has 0 unspecified atom stereocenters. The molecule has 70 valence electrons. The first-order valence-electron chi connectivity index (χ1n) is 5.07. The molecular formula is C10H17IO. The zero-order chi connectivity index (χ0) is 8.39. The van der Waals surface area contributed by atoms with E-state index < -0.39 is 0 Å². The number of rotatable bonds is 2. The minimum Gasteiger partial charge on any atom is -0.377 e. The number of hydrogen-bond donors (Lipinski definition) is 0. The molecule has 0 radical (unpaired) electrons. The van der Waals surface area contributed by atoms with Crippen LogP contribution < -0.4 is 0 Å². The van der Waals surface area contributed by atoms with Gasteiger partial charge in [0.15, 0.2) is 0 Å². The lowest BCUT2D eigenvalue weighted by Gasteiger charge is -2.15. The molecule has 1 saturated carbocycles. The van der Waals surface area contributed by atoms with Gasteiger partial charge in [-0.2, -0.15) is 0 Å². The van der Waals surface area contributed by atoms with Crippen LogP contribution in [-0.2, 0) is 4.74 Å². The fraction of sp³-hybridized carbons (Fsp3) is 1.00. The fourth-order valence-corrected chi connectivity index (χ4v) is 3.21. The first-order valence-corrected chi connectivity index (χ1v) is 6.60. The zero-order valence-electron chi connectivity index (χ0n) is 7.47. The molecule has 1 aliphatic carbocycles. The Bertz CT molecular complexity index is 143. The average Bonchev–Trinajstić information content (AvgIpc) is 2.75. The molecule has 1 nitrogen and oxygen atoms in total. The van der Waals surface area contributed by atoms with Crippen molar-refractivity contribution < 1.29 is 4.74 Å². The van der Waals surface area contributed by atoms with Gasteiger partial charge in [0.2, 0.25) is 0 Å². The summed E-state index contributed by atoms with van der Waals surface area (Å²) in [5, 5.41) is 0. The molecule has 1 saturated heterocycles. The van der Waals surface area contributed by atoms with Gasteiger partial charge >= 0.3 is 0 Å². The van der Waals surface area contributed by atoms with E-state index in [4.69, 9.17) is 4.74 Å². The summed E-state index contributed by atoms with van der Waals surface area (Å²) >= 11 is 2.44. The second-order valence-electron chi connectivity index (χ2n) is 4.15. The van der Waals surface area contributed by atoms with E-state index in [1.807, 2.05) is 0 Å². The lowest BCUT2D eigenvalue weighted by atomic mass is 9.89. The zero-order valence-corrected chi connectivity index (χ0v) is 9.63. The average molecular weight is 280 g/mol. The fourth-order valence-electron chi connectivity index (χ4n) is 2.60. The summed E-state index contributed by atoms with van der Waals surface area (Å²) in [5.74, 6) is 1.92. The molecule has 0 aromatic rings. The Labute approximate surface area is 88.4 Å². The maximum atomic E-state index is 5.72. The quantitative estimate of drug-likeness (QED) is 0.558. The summed E-state index contributed by atoms with van der Waals surface area (Å²) in [4.78, 5) is 0. The molecule has 12 heavy (non-hydrogen) atoms. The van der Waals surface area contributed by atoms with Gasteiger partial charge < -0.3 is 4.74 Å². The van der Waals surface area contributed by atoms with Crippen LogP contribution in [0.2, 0.25) is 0 Å². The second kappa shape index (κ2) is 4.27. The van der Waals surface area contributed by atoms with Crippen LogP contribution in [0, 0.1) is 11.8 Å². The Hall–Kier alpha value is 0.690. The van der Waals surface area contributed by atoms with Crippen LogP contribution >= 0.6 is 22.6 Å². The molecule has 0 bridgehead atoms. The van der Waals surface area contributed by atoms with E-state index in [9.17, 15) is 0 Å². The lowest BCUT2D eigenvalue weighted by Crippen LogP contribution is -2.11. The van der Waals surface area contributed by atoms with E-state index in [1.165, 1.54) is 36.5 Å². The molecule has 2 atom stereocenters. The molecule has 1 heterocycles. The van der Waals surface area contributed by atoms with Crippen molar-refractivity contribution in [2.24, 2.45) is 11.8 Å². The first-order chi connectivity index (χ1) is 5.90. The van der Waals surface area contributed by atoms with Crippen molar-refractivity contribution in [2.45, 2.75) is 38.2 Å². The normalized spacial score (nSPS) is 37.8. The molecule has 0 N–H and O–H groups in total. The third kappa shape index (κ3) is 1.95. The van der Waals surface area contributed by atoms with Crippen molar-refractivity contribution in [3.8, 4) is 0 Å². The third-order valence-corrected chi connectivity index (χ3v) is 4.33. The van der Waals surface area contributed by atoms with E-state index in [0.29, 0.717) is 6.10 Å². The Morgan fingerprint density at radius 3 is 2.50 bits per heavy atom. The minimum atomic E-state index is 0.580. The van der Waals surface area contributed by atoms with E-state index in [-0.39, 0.29) is 0 Å². The van der Waals surface area contributed by atoms with Crippen LogP contribution in [0.1, 0.15) is 32.1 Å². The maximum absolute atomic E-state index is 5.72. The number of hydrogen-bond acceptors (Lipinski definition) is 1. The molecule has 0 amide bonds. The molecule has 1 aliphatic heterocycles. The largest absolute Gasteiger partial charge is 0.377 e. The molecule has 0 aromatic heterocycles. The highest BCUT2D eigenvalue weighted by Gasteiger charge is 2.32. The topological polar surface area (TPSA) is 9.23 Å². The van der Waals surface area contributed by atoms with Gasteiger partial charge in [-0.1, -0.05) is 48.3 Å². The summed E-state index contributed by atoms with van der Waals surface area (Å²) in [7, 11) is 0.